The van der Waals surface area contributed by atoms with E-state index >= 15 is 0 Å². The molecule has 4 nitrogen and oxygen atoms in total. The van der Waals surface area contributed by atoms with Gasteiger partial charge in [-0.3, -0.25) is 0 Å². The first-order valence-electron chi connectivity index (χ1n) is 6.05. The molecular weight excluding hydrogens is 262 g/mol. The van der Waals surface area contributed by atoms with Crippen molar-refractivity contribution in [1.82, 2.24) is 9.97 Å². The molecule has 0 spiro atoms. The number of anilines is 1. The molecule has 0 aliphatic rings. The fraction of sp³-hybridized carbons (Fsp3) is 0.286. The number of hydrogen-bond donors (Lipinski definition) is 1. The summed E-state index contributed by atoms with van der Waals surface area (Å²) in [4.78, 5) is 8.54. The maximum absolute atomic E-state index is 5.84. The zero-order valence-corrected chi connectivity index (χ0v) is 11.7. The molecular formula is C14H16ClN3O. The zero-order chi connectivity index (χ0) is 13.7. The first kappa shape index (κ1) is 13.6. The third-order valence-electron chi connectivity index (χ3n) is 2.65. The molecule has 1 heterocycles. The van der Waals surface area contributed by atoms with E-state index in [9.17, 15) is 0 Å². The minimum absolute atomic E-state index is 0.571. The molecule has 100 valence electrons. The highest BCUT2D eigenvalue weighted by molar-refractivity contribution is 6.30. The summed E-state index contributed by atoms with van der Waals surface area (Å²) in [6.45, 7) is 2.67. The average molecular weight is 278 g/mol. The number of nitrogens with one attached hydrogen (secondary N) is 1. The highest BCUT2D eigenvalue weighted by atomic mass is 35.5. The molecule has 2 aromatic rings. The van der Waals surface area contributed by atoms with Crippen molar-refractivity contribution in [2.45, 2.75) is 13.3 Å². The molecule has 0 unspecified atom stereocenters. The van der Waals surface area contributed by atoms with Crippen LogP contribution in [0.25, 0.3) is 0 Å². The topological polar surface area (TPSA) is 47.0 Å². The molecule has 0 bridgehead atoms. The number of halogens is 1. The fourth-order valence-electron chi connectivity index (χ4n) is 1.69. The van der Waals surface area contributed by atoms with Gasteiger partial charge in [0.2, 0.25) is 11.8 Å². The van der Waals surface area contributed by atoms with Crippen molar-refractivity contribution in [2.75, 3.05) is 19.0 Å². The predicted octanol–water partition coefficient (Wildman–Crippen LogP) is 3.10. The smallest absolute Gasteiger partial charge is 0.226 e. The Bertz CT molecular complexity index is 543. The minimum Gasteiger partial charge on any atom is -0.481 e. The summed E-state index contributed by atoms with van der Waals surface area (Å²) in [5, 5.41) is 3.94. The van der Waals surface area contributed by atoms with Crippen molar-refractivity contribution in [1.29, 1.82) is 0 Å². The largest absolute Gasteiger partial charge is 0.481 e. The van der Waals surface area contributed by atoms with Gasteiger partial charge in [-0.2, -0.15) is 4.98 Å². The first-order chi connectivity index (χ1) is 9.17. The Kier molecular flexibility index (Phi) is 4.58. The number of hydrogen-bond acceptors (Lipinski definition) is 4. The molecule has 2 rings (SSSR count). The van der Waals surface area contributed by atoms with E-state index in [0.717, 1.165) is 23.7 Å². The summed E-state index contributed by atoms with van der Waals surface area (Å²) >= 11 is 5.84. The number of methoxy groups -OCH3 is 1. The highest BCUT2D eigenvalue weighted by Gasteiger charge is 2.01. The molecule has 0 fully saturated rings. The Morgan fingerprint density at radius 1 is 1.21 bits per heavy atom. The highest BCUT2D eigenvalue weighted by Crippen LogP contribution is 2.12. The van der Waals surface area contributed by atoms with E-state index in [-0.39, 0.29) is 0 Å². The second-order valence-electron chi connectivity index (χ2n) is 4.18. The minimum atomic E-state index is 0.571. The van der Waals surface area contributed by atoms with Crippen LogP contribution in [0, 0.1) is 6.92 Å². The fourth-order valence-corrected chi connectivity index (χ4v) is 1.82. The van der Waals surface area contributed by atoms with Crippen LogP contribution in [0.1, 0.15) is 11.3 Å². The second kappa shape index (κ2) is 6.38. The van der Waals surface area contributed by atoms with Crippen LogP contribution in [0.2, 0.25) is 5.02 Å². The normalized spacial score (nSPS) is 10.3. The molecule has 0 saturated carbocycles. The van der Waals surface area contributed by atoms with Crippen molar-refractivity contribution in [2.24, 2.45) is 0 Å². The lowest BCUT2D eigenvalue weighted by molar-refractivity contribution is 0.397. The van der Waals surface area contributed by atoms with Gasteiger partial charge in [0.25, 0.3) is 0 Å². The van der Waals surface area contributed by atoms with Crippen LogP contribution in [0.15, 0.2) is 30.3 Å². The van der Waals surface area contributed by atoms with Gasteiger partial charge in [-0.25, -0.2) is 4.98 Å². The van der Waals surface area contributed by atoms with Crippen LogP contribution in [-0.4, -0.2) is 23.6 Å². The van der Waals surface area contributed by atoms with Crippen molar-refractivity contribution in [3.63, 3.8) is 0 Å². The van der Waals surface area contributed by atoms with Gasteiger partial charge in [0.1, 0.15) is 0 Å². The third kappa shape index (κ3) is 4.10. The lowest BCUT2D eigenvalue weighted by Gasteiger charge is -2.07. The molecule has 1 N–H and O–H groups in total. The van der Waals surface area contributed by atoms with Crippen LogP contribution in [-0.2, 0) is 6.42 Å². The number of ether oxygens (including phenoxy) is 1. The molecule has 1 aromatic carbocycles. The molecule has 0 radical (unpaired) electrons. The Labute approximate surface area is 117 Å². The van der Waals surface area contributed by atoms with Gasteiger partial charge < -0.3 is 10.1 Å². The van der Waals surface area contributed by atoms with E-state index in [0.29, 0.717) is 11.8 Å². The van der Waals surface area contributed by atoms with Crippen LogP contribution in [0.3, 0.4) is 0 Å². The van der Waals surface area contributed by atoms with Crippen molar-refractivity contribution < 1.29 is 4.74 Å². The van der Waals surface area contributed by atoms with Gasteiger partial charge in [-0.1, -0.05) is 23.7 Å². The molecule has 0 aliphatic heterocycles. The first-order valence-corrected chi connectivity index (χ1v) is 6.43. The standard InChI is InChI=1S/C14H16ClN3O/c1-10-9-13(19-2)18-14(17-10)16-8-7-11-3-5-12(15)6-4-11/h3-6,9H,7-8H2,1-2H3,(H,16,17,18). The van der Waals surface area contributed by atoms with E-state index in [1.807, 2.05) is 31.2 Å². The molecule has 0 atom stereocenters. The molecule has 0 saturated heterocycles. The van der Waals surface area contributed by atoms with Gasteiger partial charge in [0.15, 0.2) is 0 Å². The average Bonchev–Trinajstić information content (AvgIpc) is 2.40. The second-order valence-corrected chi connectivity index (χ2v) is 4.61. The van der Waals surface area contributed by atoms with Gasteiger partial charge >= 0.3 is 0 Å². The summed E-state index contributed by atoms with van der Waals surface area (Å²) in [7, 11) is 1.60. The Morgan fingerprint density at radius 3 is 2.63 bits per heavy atom. The van der Waals surface area contributed by atoms with Crippen LogP contribution < -0.4 is 10.1 Å². The monoisotopic (exact) mass is 277 g/mol. The number of benzene rings is 1. The quantitative estimate of drug-likeness (QED) is 0.912. The summed E-state index contributed by atoms with van der Waals surface area (Å²) in [6.07, 6.45) is 0.886. The zero-order valence-electron chi connectivity index (χ0n) is 11.0. The van der Waals surface area contributed by atoms with Crippen molar-refractivity contribution in [3.05, 3.63) is 46.6 Å². The van der Waals surface area contributed by atoms with Gasteiger partial charge in [-0.15, -0.1) is 0 Å². The third-order valence-corrected chi connectivity index (χ3v) is 2.90. The predicted molar refractivity (Wildman–Crippen MR) is 77.0 cm³/mol. The lowest BCUT2D eigenvalue weighted by atomic mass is 10.1. The van der Waals surface area contributed by atoms with Crippen LogP contribution in [0.4, 0.5) is 5.95 Å². The summed E-state index contributed by atoms with van der Waals surface area (Å²) in [5.41, 5.74) is 2.09. The summed E-state index contributed by atoms with van der Waals surface area (Å²) < 4.78 is 5.11. The van der Waals surface area contributed by atoms with Gasteiger partial charge in [0, 0.05) is 23.3 Å². The molecule has 0 aliphatic carbocycles. The maximum atomic E-state index is 5.84. The van der Waals surface area contributed by atoms with Gasteiger partial charge in [-0.05, 0) is 31.0 Å². The van der Waals surface area contributed by atoms with Crippen LogP contribution in [0.5, 0.6) is 5.88 Å². The number of aromatic nitrogens is 2. The lowest BCUT2D eigenvalue weighted by Crippen LogP contribution is -2.09. The van der Waals surface area contributed by atoms with E-state index in [2.05, 4.69) is 15.3 Å². The van der Waals surface area contributed by atoms with E-state index in [1.54, 1.807) is 13.2 Å². The number of nitrogens with zero attached hydrogens (tertiary/aromatic N) is 2. The van der Waals surface area contributed by atoms with E-state index < -0.39 is 0 Å². The van der Waals surface area contributed by atoms with Crippen molar-refractivity contribution in [3.8, 4) is 5.88 Å². The summed E-state index contributed by atoms with van der Waals surface area (Å²) in [6, 6.07) is 9.61. The van der Waals surface area contributed by atoms with Crippen molar-refractivity contribution >= 4 is 17.5 Å². The molecule has 5 heteroatoms. The number of aryl methyl sites for hydroxylation is 1. The van der Waals surface area contributed by atoms with E-state index in [4.69, 9.17) is 16.3 Å². The summed E-state index contributed by atoms with van der Waals surface area (Å²) in [5.74, 6) is 1.16. The van der Waals surface area contributed by atoms with Crippen LogP contribution >= 0.6 is 11.6 Å². The Hall–Kier alpha value is -1.81. The van der Waals surface area contributed by atoms with E-state index in [1.165, 1.54) is 5.56 Å². The molecule has 0 amide bonds. The van der Waals surface area contributed by atoms with Gasteiger partial charge in [0.05, 0.1) is 7.11 Å². The maximum Gasteiger partial charge on any atom is 0.226 e. The SMILES string of the molecule is COc1cc(C)nc(NCCc2ccc(Cl)cc2)n1. The Balaban J connectivity index is 1.92. The Morgan fingerprint density at radius 2 is 1.95 bits per heavy atom. The number of rotatable bonds is 5. The molecule has 1 aromatic heterocycles. The molecule has 19 heavy (non-hydrogen) atoms.